The molecule has 0 spiro atoms. The molecule has 0 bridgehead atoms. The molecule has 0 aliphatic rings. The van der Waals surface area contributed by atoms with Gasteiger partial charge < -0.3 is 9.88 Å². The van der Waals surface area contributed by atoms with E-state index >= 15 is 0 Å². The highest BCUT2D eigenvalue weighted by Crippen LogP contribution is 2.13. The predicted molar refractivity (Wildman–Crippen MR) is 95.2 cm³/mol. The van der Waals surface area contributed by atoms with Gasteiger partial charge in [-0.15, -0.1) is 0 Å². The quantitative estimate of drug-likeness (QED) is 0.794. The van der Waals surface area contributed by atoms with Crippen LogP contribution >= 0.6 is 0 Å². The van der Waals surface area contributed by atoms with Crippen molar-refractivity contribution in [1.82, 2.24) is 19.1 Å². The Morgan fingerprint density at radius 2 is 1.92 bits per heavy atom. The first-order valence-electron chi connectivity index (χ1n) is 7.83. The van der Waals surface area contributed by atoms with Crippen LogP contribution in [0, 0.1) is 20.8 Å². The third-order valence-corrected chi connectivity index (χ3v) is 4.17. The molecule has 0 fully saturated rings. The van der Waals surface area contributed by atoms with Crippen molar-refractivity contribution < 1.29 is 4.79 Å². The highest BCUT2D eigenvalue weighted by atomic mass is 16.2. The number of amides is 1. The number of carbonyl (C=O) groups is 1. The van der Waals surface area contributed by atoms with Crippen molar-refractivity contribution in [1.29, 1.82) is 0 Å². The Balaban J connectivity index is 1.86. The number of nitrogens with zero attached hydrogens (tertiary/aromatic N) is 4. The number of aromatic nitrogens is 4. The molecule has 3 rings (SSSR count). The predicted octanol–water partition coefficient (Wildman–Crippen LogP) is 2.14. The van der Waals surface area contributed by atoms with E-state index in [1.54, 1.807) is 38.5 Å². The maximum atomic E-state index is 12.5. The zero-order chi connectivity index (χ0) is 18.1. The normalized spacial score (nSPS) is 10.7. The van der Waals surface area contributed by atoms with Crippen LogP contribution in [0.1, 0.15) is 27.4 Å². The van der Waals surface area contributed by atoms with Gasteiger partial charge in [-0.25, -0.2) is 9.97 Å². The maximum absolute atomic E-state index is 12.5. The minimum Gasteiger partial charge on any atom is -0.320 e. The van der Waals surface area contributed by atoms with Crippen molar-refractivity contribution >= 4 is 11.6 Å². The molecule has 0 unspecified atom stereocenters. The Labute approximate surface area is 145 Å². The van der Waals surface area contributed by atoms with Gasteiger partial charge in [-0.3, -0.25) is 14.2 Å². The maximum Gasteiger partial charge on any atom is 0.263 e. The number of aryl methyl sites for hydroxylation is 3. The molecular weight excluding hydrogens is 318 g/mol. The van der Waals surface area contributed by atoms with Crippen LogP contribution in [0.25, 0.3) is 5.82 Å². The smallest absolute Gasteiger partial charge is 0.263 e. The summed E-state index contributed by atoms with van der Waals surface area (Å²) in [6, 6.07) is 5.34. The van der Waals surface area contributed by atoms with Crippen LogP contribution in [0.5, 0.6) is 0 Å². The second-order valence-corrected chi connectivity index (χ2v) is 5.91. The molecule has 25 heavy (non-hydrogen) atoms. The van der Waals surface area contributed by atoms with E-state index < -0.39 is 5.91 Å². The van der Waals surface area contributed by atoms with Gasteiger partial charge >= 0.3 is 0 Å². The molecular formula is C18H19N5O2. The van der Waals surface area contributed by atoms with E-state index in [0.29, 0.717) is 17.1 Å². The molecule has 0 atom stereocenters. The Morgan fingerprint density at radius 1 is 1.16 bits per heavy atom. The summed E-state index contributed by atoms with van der Waals surface area (Å²) in [6.45, 7) is 5.47. The summed E-state index contributed by atoms with van der Waals surface area (Å²) in [5.74, 6) is 1.09. The summed E-state index contributed by atoms with van der Waals surface area (Å²) in [7, 11) is 1.65. The molecule has 3 heterocycles. The average Bonchev–Trinajstić information content (AvgIpc) is 2.99. The van der Waals surface area contributed by atoms with Gasteiger partial charge in [-0.1, -0.05) is 0 Å². The Hall–Kier alpha value is -3.22. The fourth-order valence-corrected chi connectivity index (χ4v) is 2.67. The molecule has 1 amide bonds. The Bertz CT molecular complexity index is 999. The number of nitrogens with one attached hydrogen (secondary N) is 1. The number of hydrogen-bond acceptors (Lipinski definition) is 4. The third kappa shape index (κ3) is 3.08. The first-order chi connectivity index (χ1) is 11.9. The summed E-state index contributed by atoms with van der Waals surface area (Å²) in [5, 5.41) is 2.73. The Morgan fingerprint density at radius 3 is 2.52 bits per heavy atom. The SMILES string of the molecule is Cc1cc(C)n(C)c(=O)c1C(=O)Nc1ccc(-n2ccnc2C)nc1. The topological polar surface area (TPSA) is 81.8 Å². The number of imidazole rings is 1. The summed E-state index contributed by atoms with van der Waals surface area (Å²) in [6.07, 6.45) is 5.07. The molecule has 0 saturated heterocycles. The zero-order valence-corrected chi connectivity index (χ0v) is 14.6. The molecule has 7 heteroatoms. The lowest BCUT2D eigenvalue weighted by molar-refractivity contribution is 0.102. The first-order valence-corrected chi connectivity index (χ1v) is 7.83. The molecule has 0 aliphatic carbocycles. The van der Waals surface area contributed by atoms with E-state index in [4.69, 9.17) is 0 Å². The number of anilines is 1. The van der Waals surface area contributed by atoms with Crippen molar-refractivity contribution in [2.24, 2.45) is 7.05 Å². The molecule has 0 saturated carbocycles. The monoisotopic (exact) mass is 337 g/mol. The van der Waals surface area contributed by atoms with Crippen LogP contribution in [0.15, 0.2) is 41.6 Å². The molecule has 1 N–H and O–H groups in total. The molecule has 0 aromatic carbocycles. The lowest BCUT2D eigenvalue weighted by Crippen LogP contribution is -2.30. The Kier molecular flexibility index (Phi) is 4.22. The third-order valence-electron chi connectivity index (χ3n) is 4.17. The van der Waals surface area contributed by atoms with Gasteiger partial charge in [0, 0.05) is 25.1 Å². The number of pyridine rings is 2. The minimum atomic E-state index is -0.438. The van der Waals surface area contributed by atoms with Crippen molar-refractivity contribution in [3.8, 4) is 5.82 Å². The van der Waals surface area contributed by atoms with E-state index in [1.807, 2.05) is 30.7 Å². The van der Waals surface area contributed by atoms with Gasteiger partial charge in [0.1, 0.15) is 17.2 Å². The standard InChI is InChI=1S/C18H19N5O2/c1-11-9-12(2)22(4)18(25)16(11)17(24)21-14-5-6-15(20-10-14)23-8-7-19-13(23)3/h5-10H,1-4H3,(H,21,24). The summed E-state index contributed by atoms with van der Waals surface area (Å²) in [4.78, 5) is 33.4. The minimum absolute atomic E-state index is 0.141. The van der Waals surface area contributed by atoms with E-state index in [0.717, 1.165) is 11.5 Å². The summed E-state index contributed by atoms with van der Waals surface area (Å²) < 4.78 is 3.30. The fourth-order valence-electron chi connectivity index (χ4n) is 2.67. The molecule has 0 aliphatic heterocycles. The largest absolute Gasteiger partial charge is 0.320 e. The second-order valence-electron chi connectivity index (χ2n) is 5.91. The number of rotatable bonds is 3. The molecule has 3 aromatic rings. The molecule has 128 valence electrons. The summed E-state index contributed by atoms with van der Waals surface area (Å²) in [5.41, 5.74) is 1.81. The van der Waals surface area contributed by atoms with E-state index in [2.05, 4.69) is 15.3 Å². The van der Waals surface area contributed by atoms with Crippen molar-refractivity contribution in [3.05, 3.63) is 69.8 Å². The van der Waals surface area contributed by atoms with Gasteiger partial charge in [0.25, 0.3) is 11.5 Å². The van der Waals surface area contributed by atoms with E-state index in [1.165, 1.54) is 4.57 Å². The van der Waals surface area contributed by atoms with Crippen molar-refractivity contribution in [2.75, 3.05) is 5.32 Å². The van der Waals surface area contributed by atoms with Gasteiger partial charge in [-0.2, -0.15) is 0 Å². The molecule has 7 nitrogen and oxygen atoms in total. The lowest BCUT2D eigenvalue weighted by atomic mass is 10.1. The van der Waals surface area contributed by atoms with Crippen LogP contribution in [-0.2, 0) is 7.05 Å². The number of hydrogen-bond donors (Lipinski definition) is 1. The van der Waals surface area contributed by atoms with Crippen LogP contribution in [0.3, 0.4) is 0 Å². The van der Waals surface area contributed by atoms with E-state index in [9.17, 15) is 9.59 Å². The van der Waals surface area contributed by atoms with Crippen LogP contribution in [-0.4, -0.2) is 25.0 Å². The molecule has 3 aromatic heterocycles. The van der Waals surface area contributed by atoms with Crippen molar-refractivity contribution in [2.45, 2.75) is 20.8 Å². The first kappa shape index (κ1) is 16.6. The van der Waals surface area contributed by atoms with Crippen LogP contribution in [0.4, 0.5) is 5.69 Å². The van der Waals surface area contributed by atoms with Gasteiger partial charge in [-0.05, 0) is 44.5 Å². The summed E-state index contributed by atoms with van der Waals surface area (Å²) >= 11 is 0. The molecule has 0 radical (unpaired) electrons. The fraction of sp³-hybridized carbons (Fsp3) is 0.222. The average molecular weight is 337 g/mol. The van der Waals surface area contributed by atoms with E-state index in [-0.39, 0.29) is 11.1 Å². The van der Waals surface area contributed by atoms with Crippen LogP contribution in [0.2, 0.25) is 0 Å². The highest BCUT2D eigenvalue weighted by molar-refractivity contribution is 6.04. The van der Waals surface area contributed by atoms with Gasteiger partial charge in [0.2, 0.25) is 0 Å². The van der Waals surface area contributed by atoms with Gasteiger partial charge in [0.05, 0.1) is 11.9 Å². The van der Waals surface area contributed by atoms with Gasteiger partial charge in [0.15, 0.2) is 0 Å². The number of carbonyl (C=O) groups excluding carboxylic acids is 1. The highest BCUT2D eigenvalue weighted by Gasteiger charge is 2.16. The lowest BCUT2D eigenvalue weighted by Gasteiger charge is -2.11. The van der Waals surface area contributed by atoms with Crippen molar-refractivity contribution in [3.63, 3.8) is 0 Å². The zero-order valence-electron chi connectivity index (χ0n) is 14.6. The second kappa shape index (κ2) is 6.35. The van der Waals surface area contributed by atoms with Crippen LogP contribution < -0.4 is 10.9 Å².